The summed E-state index contributed by atoms with van der Waals surface area (Å²) in [5.74, 6) is -4.01. The van der Waals surface area contributed by atoms with Crippen molar-refractivity contribution >= 4 is 41.5 Å². The van der Waals surface area contributed by atoms with Crippen molar-refractivity contribution in [1.82, 2.24) is 10.6 Å². The van der Waals surface area contributed by atoms with Crippen LogP contribution in [0.2, 0.25) is 0 Å². The molecule has 0 bridgehead atoms. The molecule has 0 aromatic heterocycles. The number of aliphatic imine (C=N–C) groups is 1. The number of ether oxygens (including phenoxy) is 1. The predicted octanol–water partition coefficient (Wildman–Crippen LogP) is 3.21. The first-order valence-corrected chi connectivity index (χ1v) is 8.48. The Morgan fingerprint density at radius 2 is 1.72 bits per heavy atom. The van der Waals surface area contributed by atoms with Crippen LogP contribution in [-0.4, -0.2) is 38.6 Å². The zero-order chi connectivity index (χ0) is 20.5. The Kier molecular flexibility index (Phi) is 10.3. The number of hydrogen-bond acceptors (Lipinski definition) is 3. The second-order valence-corrected chi connectivity index (χ2v) is 5.79. The average Bonchev–Trinajstić information content (AvgIpc) is 2.69. The van der Waals surface area contributed by atoms with Crippen molar-refractivity contribution in [1.29, 1.82) is 0 Å². The maximum absolute atomic E-state index is 13.6. The summed E-state index contributed by atoms with van der Waals surface area (Å²) < 4.78 is 45.2. The van der Waals surface area contributed by atoms with Crippen molar-refractivity contribution in [2.24, 2.45) is 4.99 Å². The Morgan fingerprint density at radius 1 is 1.03 bits per heavy atom. The highest BCUT2D eigenvalue weighted by molar-refractivity contribution is 14.0. The van der Waals surface area contributed by atoms with Gasteiger partial charge in [-0.3, -0.25) is 9.79 Å². The lowest BCUT2D eigenvalue weighted by Crippen LogP contribution is -2.42. The number of nitrogens with one attached hydrogen (secondary N) is 3. The summed E-state index contributed by atoms with van der Waals surface area (Å²) in [5, 5.41) is 7.83. The number of benzene rings is 2. The van der Waals surface area contributed by atoms with Gasteiger partial charge in [0.2, 0.25) is 5.91 Å². The van der Waals surface area contributed by atoms with Crippen LogP contribution in [-0.2, 0) is 4.79 Å². The molecule has 0 aliphatic rings. The Hall–Kier alpha value is -2.50. The van der Waals surface area contributed by atoms with Crippen LogP contribution in [0.3, 0.4) is 0 Å². The first-order valence-electron chi connectivity index (χ1n) is 8.48. The molecule has 2 aromatic carbocycles. The van der Waals surface area contributed by atoms with Gasteiger partial charge in [0.05, 0.1) is 18.8 Å². The number of amides is 1. The standard InChI is InChI=1S/C19H21F3N4O2.HI/c1-12-3-5-13(6-4-12)28-10-9-24-19(23-2)25-11-16(27)26-15-8-7-14(20)17(21)18(15)22;/h3-8H,9-11H2,1-2H3,(H,26,27)(H2,23,24,25);1H. The molecule has 0 saturated carbocycles. The molecule has 158 valence electrons. The lowest BCUT2D eigenvalue weighted by molar-refractivity contribution is -0.115. The summed E-state index contributed by atoms with van der Waals surface area (Å²) in [7, 11) is 1.52. The smallest absolute Gasteiger partial charge is 0.243 e. The minimum absolute atomic E-state index is 0. The number of halogens is 4. The van der Waals surface area contributed by atoms with Crippen LogP contribution >= 0.6 is 24.0 Å². The van der Waals surface area contributed by atoms with E-state index in [9.17, 15) is 18.0 Å². The minimum Gasteiger partial charge on any atom is -0.492 e. The molecule has 0 saturated heterocycles. The molecule has 3 N–H and O–H groups in total. The van der Waals surface area contributed by atoms with Crippen LogP contribution in [0.1, 0.15) is 5.56 Å². The van der Waals surface area contributed by atoms with Gasteiger partial charge in [0, 0.05) is 7.05 Å². The second kappa shape index (κ2) is 12.1. The molecule has 0 aliphatic carbocycles. The van der Waals surface area contributed by atoms with Crippen molar-refractivity contribution in [3.63, 3.8) is 0 Å². The van der Waals surface area contributed by atoms with Crippen molar-refractivity contribution in [3.8, 4) is 5.75 Å². The number of rotatable bonds is 7. The fourth-order valence-corrected chi connectivity index (χ4v) is 2.17. The molecule has 0 heterocycles. The molecule has 1 amide bonds. The molecule has 0 spiro atoms. The van der Waals surface area contributed by atoms with E-state index in [1.54, 1.807) is 0 Å². The minimum atomic E-state index is -1.64. The summed E-state index contributed by atoms with van der Waals surface area (Å²) >= 11 is 0. The van der Waals surface area contributed by atoms with Gasteiger partial charge in [-0.2, -0.15) is 0 Å². The average molecular weight is 522 g/mol. The fraction of sp³-hybridized carbons (Fsp3) is 0.263. The van der Waals surface area contributed by atoms with E-state index in [1.807, 2.05) is 31.2 Å². The van der Waals surface area contributed by atoms with Gasteiger partial charge in [0.15, 0.2) is 23.4 Å². The normalized spacial score (nSPS) is 10.7. The van der Waals surface area contributed by atoms with Crippen LogP contribution in [0.4, 0.5) is 18.9 Å². The van der Waals surface area contributed by atoms with E-state index >= 15 is 0 Å². The van der Waals surface area contributed by atoms with E-state index in [4.69, 9.17) is 4.74 Å². The molecule has 0 unspecified atom stereocenters. The van der Waals surface area contributed by atoms with E-state index in [0.717, 1.165) is 23.4 Å². The molecule has 10 heteroatoms. The maximum atomic E-state index is 13.6. The van der Waals surface area contributed by atoms with E-state index in [2.05, 4.69) is 20.9 Å². The third-order valence-electron chi connectivity index (χ3n) is 3.63. The lowest BCUT2D eigenvalue weighted by Gasteiger charge is -2.13. The van der Waals surface area contributed by atoms with Gasteiger partial charge >= 0.3 is 0 Å². The number of carbonyl (C=O) groups excluding carboxylic acids is 1. The molecule has 0 aliphatic heterocycles. The summed E-state index contributed by atoms with van der Waals surface area (Å²) in [4.78, 5) is 15.8. The van der Waals surface area contributed by atoms with Crippen LogP contribution in [0.25, 0.3) is 0 Å². The zero-order valence-electron chi connectivity index (χ0n) is 15.9. The summed E-state index contributed by atoms with van der Waals surface area (Å²) in [6.07, 6.45) is 0. The molecule has 6 nitrogen and oxygen atoms in total. The number of hydrogen-bond donors (Lipinski definition) is 3. The van der Waals surface area contributed by atoms with Gasteiger partial charge < -0.3 is 20.7 Å². The highest BCUT2D eigenvalue weighted by atomic mass is 127. The molecule has 0 radical (unpaired) electrons. The van der Waals surface area contributed by atoms with E-state index in [0.29, 0.717) is 19.1 Å². The van der Waals surface area contributed by atoms with E-state index in [1.165, 1.54) is 7.05 Å². The van der Waals surface area contributed by atoms with Gasteiger partial charge in [0.1, 0.15) is 12.4 Å². The topological polar surface area (TPSA) is 74.8 Å². The SMILES string of the molecule is CN=C(NCCOc1ccc(C)cc1)NCC(=O)Nc1ccc(F)c(F)c1F.I. The monoisotopic (exact) mass is 522 g/mol. The molecule has 0 fully saturated rings. The summed E-state index contributed by atoms with van der Waals surface area (Å²) in [5.41, 5.74) is 0.691. The molecule has 29 heavy (non-hydrogen) atoms. The zero-order valence-corrected chi connectivity index (χ0v) is 18.2. The van der Waals surface area contributed by atoms with Gasteiger partial charge in [-0.1, -0.05) is 17.7 Å². The Balaban J connectivity index is 0.00000420. The fourth-order valence-electron chi connectivity index (χ4n) is 2.17. The molecule has 2 aromatic rings. The highest BCUT2D eigenvalue weighted by Crippen LogP contribution is 2.19. The molecular formula is C19H22F3IN4O2. The van der Waals surface area contributed by atoms with Crippen LogP contribution in [0, 0.1) is 24.4 Å². The van der Waals surface area contributed by atoms with E-state index < -0.39 is 29.0 Å². The molecular weight excluding hydrogens is 500 g/mol. The Labute approximate surface area is 184 Å². The third-order valence-corrected chi connectivity index (χ3v) is 3.63. The Morgan fingerprint density at radius 3 is 2.38 bits per heavy atom. The molecule has 0 atom stereocenters. The van der Waals surface area contributed by atoms with Gasteiger partial charge in [-0.05, 0) is 31.2 Å². The van der Waals surface area contributed by atoms with Crippen molar-refractivity contribution in [2.45, 2.75) is 6.92 Å². The number of carbonyl (C=O) groups is 1. The second-order valence-electron chi connectivity index (χ2n) is 5.79. The first kappa shape index (κ1) is 24.5. The number of aryl methyl sites for hydroxylation is 1. The first-order chi connectivity index (χ1) is 13.4. The highest BCUT2D eigenvalue weighted by Gasteiger charge is 2.15. The Bertz CT molecular complexity index is 848. The third kappa shape index (κ3) is 7.80. The van der Waals surface area contributed by atoms with E-state index in [-0.39, 0.29) is 30.5 Å². The number of anilines is 1. The maximum Gasteiger partial charge on any atom is 0.243 e. The van der Waals surface area contributed by atoms with Gasteiger partial charge in [-0.25, -0.2) is 13.2 Å². The molecule has 2 rings (SSSR count). The largest absolute Gasteiger partial charge is 0.492 e. The van der Waals surface area contributed by atoms with Crippen LogP contribution in [0.15, 0.2) is 41.4 Å². The summed E-state index contributed by atoms with van der Waals surface area (Å²) in [6.45, 7) is 2.53. The van der Waals surface area contributed by atoms with Gasteiger partial charge in [-0.15, -0.1) is 24.0 Å². The van der Waals surface area contributed by atoms with Crippen molar-refractivity contribution in [2.75, 3.05) is 32.1 Å². The lowest BCUT2D eigenvalue weighted by atomic mass is 10.2. The van der Waals surface area contributed by atoms with Crippen molar-refractivity contribution in [3.05, 3.63) is 59.4 Å². The van der Waals surface area contributed by atoms with Crippen LogP contribution < -0.4 is 20.7 Å². The van der Waals surface area contributed by atoms with Crippen molar-refractivity contribution < 1.29 is 22.7 Å². The number of nitrogens with zero attached hydrogens (tertiary/aromatic N) is 1. The van der Waals surface area contributed by atoms with Crippen LogP contribution in [0.5, 0.6) is 5.75 Å². The quantitative estimate of drug-likeness (QED) is 0.172. The summed E-state index contributed by atoms with van der Waals surface area (Å²) in [6, 6.07) is 9.29. The van der Waals surface area contributed by atoms with Gasteiger partial charge in [0.25, 0.3) is 0 Å². The predicted molar refractivity (Wildman–Crippen MR) is 116 cm³/mol. The number of guanidine groups is 1.